The molecule has 9 N–H and O–H groups in total. The number of hydrogen-bond donors (Lipinski definition) is 3. The second-order valence-electron chi connectivity index (χ2n) is 6.79. The van der Waals surface area contributed by atoms with Crippen LogP contribution in [0.3, 0.4) is 0 Å². The molecular weight excluding hydrogens is 532 g/mol. The molecule has 0 amide bonds. The van der Waals surface area contributed by atoms with Crippen molar-refractivity contribution >= 4 is 28.6 Å². The normalized spacial score (nSPS) is 12.7. The molecule has 0 saturated heterocycles. The van der Waals surface area contributed by atoms with Gasteiger partial charge in [-0.2, -0.15) is 23.2 Å². The Morgan fingerprint density at radius 3 is 2.17 bits per heavy atom. The highest BCUT2D eigenvalue weighted by Gasteiger charge is 2.35. The van der Waals surface area contributed by atoms with Crippen LogP contribution in [0.1, 0.15) is 22.5 Å². The molecule has 1 aromatic heterocycles. The van der Waals surface area contributed by atoms with Crippen LogP contribution >= 0.6 is 7.60 Å². The first-order valence-corrected chi connectivity index (χ1v) is 12.1. The fraction of sp³-hybridized carbons (Fsp3) is 0.211. The summed E-state index contributed by atoms with van der Waals surface area (Å²) in [6, 6.07) is 6.55. The molecular formula is C19H22F3N4O8PS. The number of hydrogen-bond acceptors (Lipinski definition) is 9. The number of methoxy groups -OCH3 is 2. The Balaban J connectivity index is 0.00000324. The Labute approximate surface area is 203 Å². The molecule has 1 unspecified atom stereocenters. The van der Waals surface area contributed by atoms with Crippen molar-refractivity contribution in [2.45, 2.75) is 17.1 Å². The third-order valence-corrected chi connectivity index (χ3v) is 7.14. The van der Waals surface area contributed by atoms with Crippen molar-refractivity contribution in [2.75, 3.05) is 14.2 Å². The second kappa shape index (κ2) is 10.8. The number of rotatable bonds is 7. The summed E-state index contributed by atoms with van der Waals surface area (Å²) >= 11 is 0. The highest BCUT2D eigenvalue weighted by atomic mass is 32.2. The van der Waals surface area contributed by atoms with E-state index in [0.29, 0.717) is 6.07 Å². The lowest BCUT2D eigenvalue weighted by Crippen LogP contribution is -2.35. The molecule has 3 aromatic rings. The van der Waals surface area contributed by atoms with E-state index in [9.17, 15) is 35.9 Å². The first kappa shape index (κ1) is 30.9. The Morgan fingerprint density at radius 2 is 1.67 bits per heavy atom. The van der Waals surface area contributed by atoms with Gasteiger partial charge in [-0.25, -0.2) is 8.42 Å². The van der Waals surface area contributed by atoms with Crippen molar-refractivity contribution in [1.29, 1.82) is 5.26 Å². The van der Waals surface area contributed by atoms with E-state index >= 15 is 0 Å². The van der Waals surface area contributed by atoms with Crippen LogP contribution in [0.25, 0.3) is 11.0 Å². The summed E-state index contributed by atoms with van der Waals surface area (Å²) in [6.07, 6.45) is -5.07. The number of ether oxygens (including phenoxy) is 2. The Morgan fingerprint density at radius 1 is 1.08 bits per heavy atom. The maximum atomic E-state index is 13.3. The molecule has 0 aliphatic rings. The van der Waals surface area contributed by atoms with Crippen LogP contribution in [0, 0.1) is 11.3 Å². The van der Waals surface area contributed by atoms with Gasteiger partial charge in [0, 0.05) is 17.5 Å². The van der Waals surface area contributed by atoms with Gasteiger partial charge in [0.1, 0.15) is 5.58 Å². The first-order valence-electron chi connectivity index (χ1n) is 9.02. The van der Waals surface area contributed by atoms with Crippen LogP contribution in [-0.4, -0.2) is 22.6 Å². The highest BCUT2D eigenvalue weighted by Crippen LogP contribution is 2.45. The third-order valence-electron chi connectivity index (χ3n) is 4.63. The van der Waals surface area contributed by atoms with Crippen molar-refractivity contribution in [3.8, 4) is 17.6 Å². The molecule has 0 aliphatic carbocycles. The zero-order valence-electron chi connectivity index (χ0n) is 19.2. The van der Waals surface area contributed by atoms with Crippen LogP contribution in [0.15, 0.2) is 45.9 Å². The van der Waals surface area contributed by atoms with Gasteiger partial charge in [0.15, 0.2) is 11.5 Å². The van der Waals surface area contributed by atoms with E-state index < -0.39 is 51.4 Å². The van der Waals surface area contributed by atoms with E-state index in [0.717, 1.165) is 12.1 Å². The smallest absolute Gasteiger partial charge is 0.417 e. The average molecular weight is 554 g/mol. The Bertz CT molecular complexity index is 1410. The fourth-order valence-corrected chi connectivity index (χ4v) is 5.54. The lowest BCUT2D eigenvalue weighted by atomic mass is 10.0. The zero-order chi connectivity index (χ0) is 25.5. The number of benzene rings is 2. The van der Waals surface area contributed by atoms with Gasteiger partial charge in [-0.3, -0.25) is 0 Å². The van der Waals surface area contributed by atoms with Gasteiger partial charge < -0.3 is 40.5 Å². The molecule has 0 aliphatic heterocycles. The monoisotopic (exact) mass is 554 g/mol. The van der Waals surface area contributed by atoms with Crippen LogP contribution < -0.4 is 36.3 Å². The molecule has 3 rings (SSSR count). The fourth-order valence-electron chi connectivity index (χ4n) is 3.06. The number of halogens is 3. The summed E-state index contributed by atoms with van der Waals surface area (Å²) in [4.78, 5) is 23.7. The molecule has 2 aromatic carbocycles. The van der Waals surface area contributed by atoms with E-state index in [4.69, 9.17) is 19.2 Å². The molecule has 1 atom stereocenters. The number of nitriles is 1. The SMILES string of the molecule is COc1cc2cc(S(=O)(=O)NC(c3ccc(C#N)c(C(F)(F)F)c3)P(=O)([O-])[O-])oc2cc1OC.[NH4+].[NH4+]. The van der Waals surface area contributed by atoms with Gasteiger partial charge in [-0.15, -0.1) is 0 Å². The number of nitrogens with one attached hydrogen (secondary N) is 1. The van der Waals surface area contributed by atoms with Crippen molar-refractivity contribution < 1.29 is 49.8 Å². The van der Waals surface area contributed by atoms with E-state index in [1.165, 1.54) is 32.4 Å². The van der Waals surface area contributed by atoms with Gasteiger partial charge >= 0.3 is 6.18 Å². The second-order valence-corrected chi connectivity index (χ2v) is 10.0. The summed E-state index contributed by atoms with van der Waals surface area (Å²) in [5.41, 5.74) is -3.21. The summed E-state index contributed by atoms with van der Waals surface area (Å²) in [5.74, 6) is -2.20. The minimum Gasteiger partial charge on any atom is -0.809 e. The molecule has 0 fully saturated rings. The minimum absolute atomic E-state index is 0. The van der Waals surface area contributed by atoms with Crippen molar-refractivity contribution in [3.63, 3.8) is 0 Å². The predicted molar refractivity (Wildman–Crippen MR) is 118 cm³/mol. The predicted octanol–water partition coefficient (Wildman–Crippen LogP) is 2.98. The molecule has 0 radical (unpaired) electrons. The van der Waals surface area contributed by atoms with E-state index in [1.54, 1.807) is 4.72 Å². The lowest BCUT2D eigenvalue weighted by molar-refractivity contribution is -0.317. The molecule has 12 nitrogen and oxygen atoms in total. The average Bonchev–Trinajstić information content (AvgIpc) is 3.18. The van der Waals surface area contributed by atoms with Gasteiger partial charge in [0.25, 0.3) is 10.0 Å². The maximum Gasteiger partial charge on any atom is 0.417 e. The largest absolute Gasteiger partial charge is 0.809 e. The van der Waals surface area contributed by atoms with Crippen molar-refractivity contribution in [2.24, 2.45) is 0 Å². The number of fused-ring (bicyclic) bond motifs is 1. The third kappa shape index (κ3) is 6.15. The highest BCUT2D eigenvalue weighted by molar-refractivity contribution is 7.89. The number of furan rings is 1. The molecule has 0 saturated carbocycles. The van der Waals surface area contributed by atoms with Crippen LogP contribution in [0.4, 0.5) is 13.2 Å². The van der Waals surface area contributed by atoms with E-state index in [2.05, 4.69) is 0 Å². The Hall–Kier alpha value is -3.16. The molecule has 0 bridgehead atoms. The number of sulfonamides is 1. The van der Waals surface area contributed by atoms with Gasteiger partial charge in [-0.05, 0) is 31.4 Å². The zero-order valence-corrected chi connectivity index (χ0v) is 21.0. The van der Waals surface area contributed by atoms with Crippen LogP contribution in [0.2, 0.25) is 0 Å². The number of nitrogens with zero attached hydrogens (tertiary/aromatic N) is 1. The van der Waals surface area contributed by atoms with Crippen LogP contribution in [0.5, 0.6) is 11.5 Å². The Kier molecular flexibility index (Phi) is 9.30. The summed E-state index contributed by atoms with van der Waals surface area (Å²) in [7, 11) is -8.11. The van der Waals surface area contributed by atoms with Crippen molar-refractivity contribution in [1.82, 2.24) is 17.0 Å². The summed E-state index contributed by atoms with van der Waals surface area (Å²) < 4.78 is 94.2. The van der Waals surface area contributed by atoms with E-state index in [-0.39, 0.29) is 40.8 Å². The first-order chi connectivity index (χ1) is 15.7. The van der Waals surface area contributed by atoms with Crippen molar-refractivity contribution in [3.05, 3.63) is 53.1 Å². The number of alkyl halides is 3. The molecule has 36 heavy (non-hydrogen) atoms. The molecule has 0 spiro atoms. The van der Waals surface area contributed by atoms with E-state index in [1.807, 2.05) is 0 Å². The maximum absolute atomic E-state index is 13.3. The molecule has 198 valence electrons. The molecule has 1 heterocycles. The minimum atomic E-state index is -5.89. The standard InChI is InChI=1S/C19H16F3N2O8PS.2H3N/c1-30-15-6-12-7-17(32-14(12)8-16(15)31-2)34(28,29)24-18(33(25,26)27)10-3-4-11(9-23)13(5-10)19(20,21)22;;/h3-8,18,24H,1-2H3,(H2,25,26,27);2*1H3. The van der Waals surface area contributed by atoms with Crippen LogP contribution in [-0.2, 0) is 20.8 Å². The molecule has 17 heteroatoms. The quantitative estimate of drug-likeness (QED) is 0.363. The van der Waals surface area contributed by atoms with Gasteiger partial charge in [0.05, 0.1) is 37.2 Å². The number of quaternary nitrogens is 2. The van der Waals surface area contributed by atoms with Gasteiger partial charge in [-0.1, -0.05) is 6.07 Å². The summed E-state index contributed by atoms with van der Waals surface area (Å²) in [5, 5.41) is 8.27. The summed E-state index contributed by atoms with van der Waals surface area (Å²) in [6.45, 7) is 0. The topological polar surface area (TPSA) is 238 Å². The lowest BCUT2D eigenvalue weighted by Gasteiger charge is -2.38. The van der Waals surface area contributed by atoms with Gasteiger partial charge in [0.2, 0.25) is 5.09 Å².